The molecule has 3 rings (SSSR count). The quantitative estimate of drug-likeness (QED) is 0.791. The number of anilines is 1. The van der Waals surface area contributed by atoms with Gasteiger partial charge in [-0.2, -0.15) is 0 Å². The van der Waals surface area contributed by atoms with Crippen LogP contribution in [0.2, 0.25) is 0 Å². The number of carbonyl (C=O) groups is 1. The van der Waals surface area contributed by atoms with Crippen LogP contribution >= 0.6 is 0 Å². The van der Waals surface area contributed by atoms with Crippen LogP contribution < -0.4 is 11.1 Å². The minimum absolute atomic E-state index is 0.0180. The lowest BCUT2D eigenvalue weighted by Crippen LogP contribution is -2.19. The number of aromatic amines is 1. The topological polar surface area (TPSA) is 93.0 Å². The van der Waals surface area contributed by atoms with Crippen molar-refractivity contribution in [3.8, 4) is 0 Å². The number of nitrogens with two attached hydrogens (primary N) is 1. The third-order valence-electron chi connectivity index (χ3n) is 3.85. The van der Waals surface area contributed by atoms with Crippen molar-refractivity contribution >= 4 is 22.6 Å². The number of carbonyl (C=O) groups excluding carboxylic acids is 1. The van der Waals surface area contributed by atoms with E-state index in [9.17, 15) is 4.79 Å². The van der Waals surface area contributed by atoms with Gasteiger partial charge in [0.25, 0.3) is 0 Å². The third kappa shape index (κ3) is 3.45. The molecule has 2 atom stereocenters. The summed E-state index contributed by atoms with van der Waals surface area (Å²) in [5, 5.41) is 2.89. The van der Waals surface area contributed by atoms with Crippen LogP contribution in [0.15, 0.2) is 18.2 Å². The standard InChI is InChI=1S/C16H22N4O2/c1-10(17)4-7-15(21)18-11-5-6-12-13(9-11)20-16(19-12)14-3-2-8-22-14/h5-6,9-10,14H,2-4,7-8,17H2,1H3,(H,18,21)(H,19,20). The average molecular weight is 302 g/mol. The monoisotopic (exact) mass is 302 g/mol. The van der Waals surface area contributed by atoms with E-state index in [1.165, 1.54) is 0 Å². The van der Waals surface area contributed by atoms with Crippen molar-refractivity contribution in [2.24, 2.45) is 5.73 Å². The Morgan fingerprint density at radius 2 is 2.45 bits per heavy atom. The van der Waals surface area contributed by atoms with Gasteiger partial charge >= 0.3 is 0 Å². The number of imidazole rings is 1. The third-order valence-corrected chi connectivity index (χ3v) is 3.85. The van der Waals surface area contributed by atoms with Crippen LogP contribution in [0.1, 0.15) is 44.5 Å². The van der Waals surface area contributed by atoms with Gasteiger partial charge in [0.2, 0.25) is 5.91 Å². The largest absolute Gasteiger partial charge is 0.370 e. The molecule has 1 aliphatic rings. The fraction of sp³-hybridized carbons (Fsp3) is 0.500. The highest BCUT2D eigenvalue weighted by Crippen LogP contribution is 2.28. The van der Waals surface area contributed by atoms with E-state index in [2.05, 4.69) is 15.3 Å². The zero-order chi connectivity index (χ0) is 15.5. The highest BCUT2D eigenvalue weighted by molar-refractivity contribution is 5.93. The van der Waals surface area contributed by atoms with Crippen molar-refractivity contribution in [1.82, 2.24) is 9.97 Å². The number of rotatable bonds is 5. The molecule has 4 N–H and O–H groups in total. The molecule has 2 unspecified atom stereocenters. The van der Waals surface area contributed by atoms with Crippen molar-refractivity contribution in [2.45, 2.75) is 44.8 Å². The van der Waals surface area contributed by atoms with Gasteiger partial charge in [0, 0.05) is 24.8 Å². The number of aromatic nitrogens is 2. The zero-order valence-electron chi connectivity index (χ0n) is 12.8. The number of amides is 1. The SMILES string of the molecule is CC(N)CCC(=O)Nc1ccc2nc(C3CCCO3)[nH]c2c1. The molecule has 1 saturated heterocycles. The Hall–Kier alpha value is -1.92. The highest BCUT2D eigenvalue weighted by Gasteiger charge is 2.21. The van der Waals surface area contributed by atoms with Gasteiger partial charge in [0.1, 0.15) is 11.9 Å². The number of benzene rings is 1. The fourth-order valence-electron chi connectivity index (χ4n) is 2.64. The minimum Gasteiger partial charge on any atom is -0.370 e. The first-order valence-corrected chi connectivity index (χ1v) is 7.78. The molecule has 2 aromatic rings. The van der Waals surface area contributed by atoms with Crippen LogP contribution in [-0.2, 0) is 9.53 Å². The fourth-order valence-corrected chi connectivity index (χ4v) is 2.64. The number of hydrogen-bond acceptors (Lipinski definition) is 4. The number of hydrogen-bond donors (Lipinski definition) is 3. The maximum atomic E-state index is 11.9. The molecule has 1 aliphatic heterocycles. The Bertz CT molecular complexity index is 659. The van der Waals surface area contributed by atoms with Crippen LogP contribution in [0.5, 0.6) is 0 Å². The van der Waals surface area contributed by atoms with E-state index >= 15 is 0 Å². The van der Waals surface area contributed by atoms with E-state index in [1.54, 1.807) is 0 Å². The maximum absolute atomic E-state index is 11.9. The molecule has 1 aromatic carbocycles. The van der Waals surface area contributed by atoms with E-state index in [0.29, 0.717) is 12.8 Å². The van der Waals surface area contributed by atoms with Crippen molar-refractivity contribution in [2.75, 3.05) is 11.9 Å². The molecule has 0 radical (unpaired) electrons. The molecule has 0 bridgehead atoms. The maximum Gasteiger partial charge on any atom is 0.224 e. The van der Waals surface area contributed by atoms with Gasteiger partial charge < -0.3 is 20.8 Å². The minimum atomic E-state index is -0.0180. The Morgan fingerprint density at radius 3 is 3.18 bits per heavy atom. The van der Waals surface area contributed by atoms with Crippen molar-refractivity contribution in [3.05, 3.63) is 24.0 Å². The molecule has 6 nitrogen and oxygen atoms in total. The summed E-state index contributed by atoms with van der Waals surface area (Å²) in [4.78, 5) is 19.7. The molecule has 1 aromatic heterocycles. The molecule has 6 heteroatoms. The lowest BCUT2D eigenvalue weighted by molar-refractivity contribution is -0.116. The van der Waals surface area contributed by atoms with Crippen LogP contribution in [0.25, 0.3) is 11.0 Å². The van der Waals surface area contributed by atoms with Gasteiger partial charge in [0.05, 0.1) is 11.0 Å². The first-order chi connectivity index (χ1) is 10.6. The summed E-state index contributed by atoms with van der Waals surface area (Å²) in [5.74, 6) is 0.850. The second kappa shape index (κ2) is 6.46. The second-order valence-electron chi connectivity index (χ2n) is 5.92. The Morgan fingerprint density at radius 1 is 1.59 bits per heavy atom. The molecule has 0 spiro atoms. The van der Waals surface area contributed by atoms with Crippen LogP contribution in [0.4, 0.5) is 5.69 Å². The molecule has 118 valence electrons. The summed E-state index contributed by atoms with van der Waals surface area (Å²) in [6.45, 7) is 2.69. The lowest BCUT2D eigenvalue weighted by Gasteiger charge is -2.06. The normalized spacial score (nSPS) is 19.5. The molecule has 22 heavy (non-hydrogen) atoms. The highest BCUT2D eigenvalue weighted by atomic mass is 16.5. The predicted octanol–water partition coefficient (Wildman–Crippen LogP) is 2.48. The summed E-state index contributed by atoms with van der Waals surface area (Å²) >= 11 is 0. The predicted molar refractivity (Wildman–Crippen MR) is 85.5 cm³/mol. The number of H-pyrrole nitrogens is 1. The molecule has 2 heterocycles. The zero-order valence-corrected chi connectivity index (χ0v) is 12.8. The van der Waals surface area contributed by atoms with Gasteiger partial charge in [-0.05, 0) is 44.4 Å². The van der Waals surface area contributed by atoms with E-state index in [-0.39, 0.29) is 18.1 Å². The van der Waals surface area contributed by atoms with E-state index in [4.69, 9.17) is 10.5 Å². The van der Waals surface area contributed by atoms with Crippen LogP contribution in [0.3, 0.4) is 0 Å². The second-order valence-corrected chi connectivity index (χ2v) is 5.92. The Balaban J connectivity index is 1.70. The summed E-state index contributed by atoms with van der Waals surface area (Å²) in [5.41, 5.74) is 8.23. The number of nitrogens with zero attached hydrogens (tertiary/aromatic N) is 1. The van der Waals surface area contributed by atoms with E-state index in [0.717, 1.165) is 42.0 Å². The lowest BCUT2D eigenvalue weighted by atomic mass is 10.2. The number of fused-ring (bicyclic) bond motifs is 1. The van der Waals surface area contributed by atoms with Gasteiger partial charge in [0.15, 0.2) is 0 Å². The van der Waals surface area contributed by atoms with Crippen LogP contribution in [-0.4, -0.2) is 28.5 Å². The first kappa shape index (κ1) is 15.0. The smallest absolute Gasteiger partial charge is 0.224 e. The summed E-state index contributed by atoms with van der Waals surface area (Å²) in [6.07, 6.45) is 3.25. The molecule has 1 fully saturated rings. The summed E-state index contributed by atoms with van der Waals surface area (Å²) in [7, 11) is 0. The molecular formula is C16H22N4O2. The van der Waals surface area contributed by atoms with Crippen molar-refractivity contribution in [3.63, 3.8) is 0 Å². The molecule has 0 saturated carbocycles. The van der Waals surface area contributed by atoms with Crippen molar-refractivity contribution in [1.29, 1.82) is 0 Å². The Kier molecular flexibility index (Phi) is 4.40. The number of ether oxygens (including phenoxy) is 1. The Labute approximate surface area is 129 Å². The van der Waals surface area contributed by atoms with Gasteiger partial charge in [-0.1, -0.05) is 0 Å². The number of nitrogens with one attached hydrogen (secondary N) is 2. The van der Waals surface area contributed by atoms with Crippen LogP contribution in [0, 0.1) is 0 Å². The average Bonchev–Trinajstić information content (AvgIpc) is 3.13. The molecular weight excluding hydrogens is 280 g/mol. The van der Waals surface area contributed by atoms with Gasteiger partial charge in [-0.15, -0.1) is 0 Å². The first-order valence-electron chi connectivity index (χ1n) is 7.78. The van der Waals surface area contributed by atoms with Crippen molar-refractivity contribution < 1.29 is 9.53 Å². The molecule has 1 amide bonds. The summed E-state index contributed by atoms with van der Waals surface area (Å²) in [6, 6.07) is 5.72. The van der Waals surface area contributed by atoms with E-state index < -0.39 is 0 Å². The van der Waals surface area contributed by atoms with E-state index in [1.807, 2.05) is 25.1 Å². The van der Waals surface area contributed by atoms with Gasteiger partial charge in [-0.25, -0.2) is 4.98 Å². The summed E-state index contributed by atoms with van der Waals surface area (Å²) < 4.78 is 5.64. The molecule has 0 aliphatic carbocycles. The van der Waals surface area contributed by atoms with Gasteiger partial charge in [-0.3, -0.25) is 4.79 Å².